The largest absolute Gasteiger partial charge is 0.481 e. The molecule has 0 aliphatic heterocycles. The monoisotopic (exact) mass is 278 g/mol. The molecule has 0 bridgehead atoms. The van der Waals surface area contributed by atoms with Crippen molar-refractivity contribution in [1.29, 1.82) is 0 Å². The molecule has 0 fully saturated rings. The van der Waals surface area contributed by atoms with Crippen LogP contribution in [0.1, 0.15) is 23.5 Å². The first-order valence-corrected chi connectivity index (χ1v) is 6.40. The zero-order chi connectivity index (χ0) is 13.8. The van der Waals surface area contributed by atoms with E-state index in [4.69, 9.17) is 11.6 Å². The lowest BCUT2D eigenvalue weighted by molar-refractivity contribution is -0.138. The molecule has 0 spiro atoms. The number of aromatic nitrogens is 2. The number of aliphatic carboxylic acids is 1. The molecule has 5 heteroatoms. The number of carboxylic acid groups (broad SMARTS) is 1. The zero-order valence-electron chi connectivity index (χ0n) is 10.6. The van der Waals surface area contributed by atoms with Gasteiger partial charge >= 0.3 is 5.97 Å². The van der Waals surface area contributed by atoms with Crippen LogP contribution in [-0.4, -0.2) is 20.9 Å². The molecule has 0 aliphatic carbocycles. The first-order valence-electron chi connectivity index (χ1n) is 6.02. The van der Waals surface area contributed by atoms with Gasteiger partial charge in [-0.1, -0.05) is 23.7 Å². The third kappa shape index (κ3) is 3.58. The van der Waals surface area contributed by atoms with Gasteiger partial charge in [-0.05, 0) is 36.1 Å². The van der Waals surface area contributed by atoms with Gasteiger partial charge in [-0.2, -0.15) is 5.10 Å². The van der Waals surface area contributed by atoms with Gasteiger partial charge in [-0.25, -0.2) is 0 Å². The highest BCUT2D eigenvalue weighted by Gasteiger charge is 2.20. The van der Waals surface area contributed by atoms with Crippen molar-refractivity contribution in [3.05, 3.63) is 52.8 Å². The lowest BCUT2D eigenvalue weighted by atomic mass is 9.93. The van der Waals surface area contributed by atoms with Gasteiger partial charge in [0.15, 0.2) is 0 Å². The molecule has 1 atom stereocenters. The molecule has 0 saturated carbocycles. The SMILES string of the molecule is Cn1cc(CCC(C(=O)O)c2cccc(Cl)c2)cn1. The third-order valence-electron chi connectivity index (χ3n) is 3.03. The van der Waals surface area contributed by atoms with Gasteiger partial charge < -0.3 is 5.11 Å². The Labute approximate surface area is 116 Å². The Hall–Kier alpha value is -1.81. The van der Waals surface area contributed by atoms with Crippen LogP contribution in [0.15, 0.2) is 36.7 Å². The highest BCUT2D eigenvalue weighted by molar-refractivity contribution is 6.30. The lowest BCUT2D eigenvalue weighted by Crippen LogP contribution is -2.12. The fourth-order valence-corrected chi connectivity index (χ4v) is 2.27. The van der Waals surface area contributed by atoms with E-state index in [-0.39, 0.29) is 0 Å². The lowest BCUT2D eigenvalue weighted by Gasteiger charge is -2.12. The standard InChI is InChI=1S/C14H15ClN2O2/c1-17-9-10(8-16-17)5-6-13(14(18)19)11-3-2-4-12(15)7-11/h2-4,7-9,13H,5-6H2,1H3,(H,18,19). The fraction of sp³-hybridized carbons (Fsp3) is 0.286. The average molecular weight is 279 g/mol. The van der Waals surface area contributed by atoms with E-state index in [2.05, 4.69) is 5.10 Å². The van der Waals surface area contributed by atoms with Crippen molar-refractivity contribution >= 4 is 17.6 Å². The van der Waals surface area contributed by atoms with Gasteiger partial charge in [0.25, 0.3) is 0 Å². The summed E-state index contributed by atoms with van der Waals surface area (Å²) in [5.74, 6) is -1.37. The van der Waals surface area contributed by atoms with Crippen molar-refractivity contribution in [2.45, 2.75) is 18.8 Å². The van der Waals surface area contributed by atoms with Crippen LogP contribution in [0.5, 0.6) is 0 Å². The average Bonchev–Trinajstić information content (AvgIpc) is 2.75. The molecule has 1 heterocycles. The van der Waals surface area contributed by atoms with E-state index in [0.29, 0.717) is 17.9 Å². The molecule has 0 amide bonds. The van der Waals surface area contributed by atoms with Crippen LogP contribution in [-0.2, 0) is 18.3 Å². The van der Waals surface area contributed by atoms with Crippen LogP contribution >= 0.6 is 11.6 Å². The van der Waals surface area contributed by atoms with Gasteiger partial charge in [0, 0.05) is 18.3 Å². The number of carboxylic acids is 1. The molecular weight excluding hydrogens is 264 g/mol. The summed E-state index contributed by atoms with van der Waals surface area (Å²) in [5, 5.41) is 14.0. The Morgan fingerprint density at radius 1 is 1.53 bits per heavy atom. The van der Waals surface area contributed by atoms with Gasteiger partial charge in [0.05, 0.1) is 12.1 Å². The summed E-state index contributed by atoms with van der Waals surface area (Å²) in [6.45, 7) is 0. The maximum absolute atomic E-state index is 11.4. The number of rotatable bonds is 5. The van der Waals surface area contributed by atoms with Crippen LogP contribution in [0.3, 0.4) is 0 Å². The molecule has 100 valence electrons. The molecule has 2 rings (SSSR count). The molecule has 1 aromatic heterocycles. The second-order valence-corrected chi connectivity index (χ2v) is 4.94. The van der Waals surface area contributed by atoms with Crippen molar-refractivity contribution in [1.82, 2.24) is 9.78 Å². The smallest absolute Gasteiger partial charge is 0.310 e. The molecule has 1 unspecified atom stereocenters. The Kier molecular flexibility index (Phi) is 4.22. The second-order valence-electron chi connectivity index (χ2n) is 4.51. The fourth-order valence-electron chi connectivity index (χ4n) is 2.07. The molecular formula is C14H15ClN2O2. The van der Waals surface area contributed by atoms with E-state index in [0.717, 1.165) is 11.1 Å². The second kappa shape index (κ2) is 5.89. The maximum Gasteiger partial charge on any atom is 0.310 e. The Bertz CT molecular complexity index is 580. The minimum Gasteiger partial charge on any atom is -0.481 e. The topological polar surface area (TPSA) is 55.1 Å². The summed E-state index contributed by atoms with van der Waals surface area (Å²) in [6, 6.07) is 7.03. The number of aryl methyl sites for hydroxylation is 2. The van der Waals surface area contributed by atoms with Crippen LogP contribution in [0, 0.1) is 0 Å². The van der Waals surface area contributed by atoms with Crippen LogP contribution in [0.2, 0.25) is 5.02 Å². The normalized spacial score (nSPS) is 12.3. The summed E-state index contributed by atoms with van der Waals surface area (Å²) in [7, 11) is 1.84. The number of hydrogen-bond acceptors (Lipinski definition) is 2. The van der Waals surface area contributed by atoms with E-state index in [9.17, 15) is 9.90 Å². The molecule has 0 radical (unpaired) electrons. The number of carbonyl (C=O) groups is 1. The van der Waals surface area contributed by atoms with E-state index in [1.54, 1.807) is 35.1 Å². The van der Waals surface area contributed by atoms with Crippen molar-refractivity contribution < 1.29 is 9.90 Å². The Morgan fingerprint density at radius 2 is 2.32 bits per heavy atom. The number of benzene rings is 1. The third-order valence-corrected chi connectivity index (χ3v) is 3.26. The van der Waals surface area contributed by atoms with Gasteiger partial charge in [0.2, 0.25) is 0 Å². The summed E-state index contributed by atoms with van der Waals surface area (Å²) in [5.41, 5.74) is 1.78. The van der Waals surface area contributed by atoms with Crippen LogP contribution in [0.4, 0.5) is 0 Å². The maximum atomic E-state index is 11.4. The van der Waals surface area contributed by atoms with Crippen molar-refractivity contribution in [3.8, 4) is 0 Å². The van der Waals surface area contributed by atoms with Crippen LogP contribution in [0.25, 0.3) is 0 Å². The summed E-state index contributed by atoms with van der Waals surface area (Å²) in [6.07, 6.45) is 4.87. The number of hydrogen-bond donors (Lipinski definition) is 1. The Balaban J connectivity index is 2.10. The van der Waals surface area contributed by atoms with Crippen LogP contribution < -0.4 is 0 Å². The molecule has 2 aromatic rings. The number of nitrogens with zero attached hydrogens (tertiary/aromatic N) is 2. The quantitative estimate of drug-likeness (QED) is 0.915. The first kappa shape index (κ1) is 13.6. The van der Waals surface area contributed by atoms with Gasteiger partial charge in [0.1, 0.15) is 0 Å². The number of halogens is 1. The summed E-state index contributed by atoms with van der Waals surface area (Å²) in [4.78, 5) is 11.4. The zero-order valence-corrected chi connectivity index (χ0v) is 11.3. The predicted octanol–water partition coefficient (Wildman–Crippen LogP) is 2.87. The van der Waals surface area contributed by atoms with Crippen molar-refractivity contribution in [2.75, 3.05) is 0 Å². The minimum atomic E-state index is -0.828. The summed E-state index contributed by atoms with van der Waals surface area (Å²) >= 11 is 5.91. The predicted molar refractivity (Wildman–Crippen MR) is 73.4 cm³/mol. The first-order chi connectivity index (χ1) is 9.06. The summed E-state index contributed by atoms with van der Waals surface area (Å²) < 4.78 is 1.71. The molecule has 1 aromatic carbocycles. The van der Waals surface area contributed by atoms with E-state index in [1.807, 2.05) is 13.2 Å². The van der Waals surface area contributed by atoms with Gasteiger partial charge in [-0.15, -0.1) is 0 Å². The van der Waals surface area contributed by atoms with Gasteiger partial charge in [-0.3, -0.25) is 9.48 Å². The molecule has 0 aliphatic rings. The molecule has 1 N–H and O–H groups in total. The Morgan fingerprint density at radius 3 is 2.89 bits per heavy atom. The highest BCUT2D eigenvalue weighted by Crippen LogP contribution is 2.24. The van der Waals surface area contributed by atoms with E-state index >= 15 is 0 Å². The van der Waals surface area contributed by atoms with E-state index in [1.165, 1.54) is 0 Å². The molecule has 0 saturated heterocycles. The molecule has 19 heavy (non-hydrogen) atoms. The van der Waals surface area contributed by atoms with Crippen molar-refractivity contribution in [3.63, 3.8) is 0 Å². The molecule has 4 nitrogen and oxygen atoms in total. The van der Waals surface area contributed by atoms with E-state index < -0.39 is 11.9 Å². The highest BCUT2D eigenvalue weighted by atomic mass is 35.5. The minimum absolute atomic E-state index is 0.529. The van der Waals surface area contributed by atoms with Crippen molar-refractivity contribution in [2.24, 2.45) is 7.05 Å².